The number of anilines is 2. The zero-order valence-electron chi connectivity index (χ0n) is 13.3. The maximum absolute atomic E-state index is 12.0. The van der Waals surface area contributed by atoms with Crippen LogP contribution in [0.25, 0.3) is 0 Å². The lowest BCUT2D eigenvalue weighted by Gasteiger charge is -2.19. The zero-order chi connectivity index (χ0) is 15.7. The lowest BCUT2D eigenvalue weighted by molar-refractivity contribution is -0.116. The molecule has 3 N–H and O–H groups in total. The van der Waals surface area contributed by atoms with Crippen LogP contribution in [0, 0.1) is 0 Å². The number of hydrogen-bond acceptors (Lipinski definition) is 4. The molecular formula is C16H27N3O2. The van der Waals surface area contributed by atoms with Gasteiger partial charge in [0.05, 0.1) is 12.8 Å². The fourth-order valence-corrected chi connectivity index (χ4v) is 2.09. The highest BCUT2D eigenvalue weighted by molar-refractivity contribution is 5.92. The Morgan fingerprint density at radius 2 is 2.10 bits per heavy atom. The highest BCUT2D eigenvalue weighted by Gasteiger charge is 2.10. The van der Waals surface area contributed by atoms with Gasteiger partial charge < -0.3 is 20.7 Å². The minimum absolute atomic E-state index is 0.00646. The number of nitrogen functional groups attached to an aromatic ring is 1. The van der Waals surface area contributed by atoms with E-state index in [-0.39, 0.29) is 5.91 Å². The number of carbonyl (C=O) groups excluding carboxylic acids is 1. The second-order valence-corrected chi connectivity index (χ2v) is 5.05. The molecule has 5 heteroatoms. The minimum atomic E-state index is -0.00646. The Hall–Kier alpha value is -1.75. The maximum Gasteiger partial charge on any atom is 0.225 e. The van der Waals surface area contributed by atoms with Gasteiger partial charge in [-0.1, -0.05) is 20.3 Å². The van der Waals surface area contributed by atoms with Gasteiger partial charge in [0.2, 0.25) is 5.91 Å². The number of amides is 1. The fourth-order valence-electron chi connectivity index (χ4n) is 2.09. The number of hydrogen-bond donors (Lipinski definition) is 2. The Kier molecular flexibility index (Phi) is 7.61. The maximum atomic E-state index is 12.0. The van der Waals surface area contributed by atoms with Gasteiger partial charge >= 0.3 is 0 Å². The summed E-state index contributed by atoms with van der Waals surface area (Å²) in [5, 5.41) is 2.88. The SMILES string of the molecule is CCCCN(CC)CCC(=O)Nc1ccc(N)cc1OC. The average Bonchev–Trinajstić information content (AvgIpc) is 2.49. The summed E-state index contributed by atoms with van der Waals surface area (Å²) < 4.78 is 5.22. The number of nitrogens with two attached hydrogens (primary N) is 1. The van der Waals surface area contributed by atoms with E-state index >= 15 is 0 Å². The first-order chi connectivity index (χ1) is 10.1. The number of carbonyl (C=O) groups is 1. The van der Waals surface area contributed by atoms with Gasteiger partial charge in [0.1, 0.15) is 5.75 Å². The first-order valence-electron chi connectivity index (χ1n) is 7.56. The molecule has 1 aromatic rings. The lowest BCUT2D eigenvalue weighted by Crippen LogP contribution is -2.28. The molecule has 0 radical (unpaired) electrons. The summed E-state index contributed by atoms with van der Waals surface area (Å²) >= 11 is 0. The third-order valence-corrected chi connectivity index (χ3v) is 3.43. The quantitative estimate of drug-likeness (QED) is 0.687. The smallest absolute Gasteiger partial charge is 0.225 e. The van der Waals surface area contributed by atoms with Crippen molar-refractivity contribution in [2.24, 2.45) is 0 Å². The van der Waals surface area contributed by atoms with E-state index in [4.69, 9.17) is 10.5 Å². The van der Waals surface area contributed by atoms with Crippen LogP contribution in [-0.4, -0.2) is 37.6 Å². The first-order valence-corrected chi connectivity index (χ1v) is 7.56. The normalized spacial score (nSPS) is 10.7. The zero-order valence-corrected chi connectivity index (χ0v) is 13.3. The van der Waals surface area contributed by atoms with Crippen molar-refractivity contribution in [2.45, 2.75) is 33.1 Å². The van der Waals surface area contributed by atoms with E-state index in [0.29, 0.717) is 23.5 Å². The Morgan fingerprint density at radius 1 is 1.33 bits per heavy atom. The minimum Gasteiger partial charge on any atom is -0.494 e. The van der Waals surface area contributed by atoms with Gasteiger partial charge in [-0.25, -0.2) is 0 Å². The van der Waals surface area contributed by atoms with Crippen LogP contribution in [0.15, 0.2) is 18.2 Å². The highest BCUT2D eigenvalue weighted by Crippen LogP contribution is 2.26. The Bertz CT molecular complexity index is 449. The van der Waals surface area contributed by atoms with Gasteiger partial charge in [0, 0.05) is 24.7 Å². The standard InChI is InChI=1S/C16H27N3O2/c1-4-6-10-19(5-2)11-9-16(20)18-14-8-7-13(17)12-15(14)21-3/h7-8,12H,4-6,9-11,17H2,1-3H3,(H,18,20). The van der Waals surface area contributed by atoms with E-state index in [9.17, 15) is 4.79 Å². The first kappa shape index (κ1) is 17.3. The molecule has 0 aromatic heterocycles. The molecule has 0 aliphatic rings. The molecular weight excluding hydrogens is 266 g/mol. The predicted octanol–water partition coefficient (Wildman–Crippen LogP) is 2.73. The third-order valence-electron chi connectivity index (χ3n) is 3.43. The molecule has 0 aliphatic heterocycles. The molecule has 1 rings (SSSR count). The molecule has 0 aliphatic carbocycles. The Balaban J connectivity index is 2.50. The molecule has 0 atom stereocenters. The van der Waals surface area contributed by atoms with Gasteiger partial charge in [0.15, 0.2) is 0 Å². The third kappa shape index (κ3) is 6.04. The van der Waals surface area contributed by atoms with Crippen LogP contribution in [0.4, 0.5) is 11.4 Å². The van der Waals surface area contributed by atoms with Gasteiger partial charge in [0.25, 0.3) is 0 Å². The van der Waals surface area contributed by atoms with Crippen molar-refractivity contribution in [2.75, 3.05) is 37.8 Å². The summed E-state index contributed by atoms with van der Waals surface area (Å²) in [5.74, 6) is 0.578. The van der Waals surface area contributed by atoms with Crippen LogP contribution >= 0.6 is 0 Å². The number of benzene rings is 1. The second kappa shape index (κ2) is 9.23. The van der Waals surface area contributed by atoms with E-state index in [1.54, 1.807) is 25.3 Å². The Morgan fingerprint density at radius 3 is 2.71 bits per heavy atom. The molecule has 5 nitrogen and oxygen atoms in total. The van der Waals surface area contributed by atoms with Crippen molar-refractivity contribution in [1.29, 1.82) is 0 Å². The van der Waals surface area contributed by atoms with Crippen molar-refractivity contribution >= 4 is 17.3 Å². The molecule has 118 valence electrons. The molecule has 0 unspecified atom stereocenters. The van der Waals surface area contributed by atoms with Crippen LogP contribution in [0.1, 0.15) is 33.1 Å². The molecule has 0 saturated heterocycles. The van der Waals surface area contributed by atoms with Crippen molar-refractivity contribution in [3.05, 3.63) is 18.2 Å². The number of nitrogens with zero attached hydrogens (tertiary/aromatic N) is 1. The van der Waals surface area contributed by atoms with Gasteiger partial charge in [-0.15, -0.1) is 0 Å². The molecule has 1 aromatic carbocycles. The number of ether oxygens (including phenoxy) is 1. The number of methoxy groups -OCH3 is 1. The van der Waals surface area contributed by atoms with Crippen LogP contribution < -0.4 is 15.8 Å². The molecule has 0 spiro atoms. The summed E-state index contributed by atoms with van der Waals surface area (Å²) in [5.41, 5.74) is 6.97. The molecule has 0 bridgehead atoms. The predicted molar refractivity (Wildman–Crippen MR) is 87.7 cm³/mol. The molecule has 0 fully saturated rings. The second-order valence-electron chi connectivity index (χ2n) is 5.05. The average molecular weight is 293 g/mol. The van der Waals surface area contributed by atoms with Gasteiger partial charge in [-0.3, -0.25) is 4.79 Å². The van der Waals surface area contributed by atoms with E-state index in [1.807, 2.05) is 0 Å². The number of unbranched alkanes of at least 4 members (excludes halogenated alkanes) is 1. The largest absolute Gasteiger partial charge is 0.494 e. The summed E-state index contributed by atoms with van der Waals surface area (Å²) in [4.78, 5) is 14.3. The topological polar surface area (TPSA) is 67.6 Å². The van der Waals surface area contributed by atoms with Crippen LogP contribution in [0.5, 0.6) is 5.75 Å². The molecule has 0 heterocycles. The van der Waals surface area contributed by atoms with E-state index in [0.717, 1.165) is 19.6 Å². The van der Waals surface area contributed by atoms with Crippen LogP contribution in [-0.2, 0) is 4.79 Å². The summed E-state index contributed by atoms with van der Waals surface area (Å²) in [7, 11) is 1.56. The van der Waals surface area contributed by atoms with E-state index < -0.39 is 0 Å². The van der Waals surface area contributed by atoms with Crippen LogP contribution in [0.3, 0.4) is 0 Å². The summed E-state index contributed by atoms with van der Waals surface area (Å²) in [6.07, 6.45) is 2.82. The molecule has 0 saturated carbocycles. The van der Waals surface area contributed by atoms with Crippen LogP contribution in [0.2, 0.25) is 0 Å². The van der Waals surface area contributed by atoms with Gasteiger partial charge in [-0.05, 0) is 31.6 Å². The highest BCUT2D eigenvalue weighted by atomic mass is 16.5. The fraction of sp³-hybridized carbons (Fsp3) is 0.562. The van der Waals surface area contributed by atoms with E-state index in [2.05, 4.69) is 24.1 Å². The number of nitrogens with one attached hydrogen (secondary N) is 1. The van der Waals surface area contributed by atoms with Crippen molar-refractivity contribution in [1.82, 2.24) is 4.90 Å². The lowest BCUT2D eigenvalue weighted by atomic mass is 10.2. The van der Waals surface area contributed by atoms with Gasteiger partial charge in [-0.2, -0.15) is 0 Å². The van der Waals surface area contributed by atoms with Crippen molar-refractivity contribution in [3.63, 3.8) is 0 Å². The van der Waals surface area contributed by atoms with Crippen molar-refractivity contribution in [3.8, 4) is 5.75 Å². The molecule has 1 amide bonds. The van der Waals surface area contributed by atoms with E-state index in [1.165, 1.54) is 12.8 Å². The number of rotatable bonds is 9. The summed E-state index contributed by atoms with van der Waals surface area (Å²) in [6, 6.07) is 5.22. The monoisotopic (exact) mass is 293 g/mol. The summed E-state index contributed by atoms with van der Waals surface area (Å²) in [6.45, 7) is 7.09. The Labute approximate surface area is 127 Å². The molecule has 21 heavy (non-hydrogen) atoms. The van der Waals surface area contributed by atoms with Crippen molar-refractivity contribution < 1.29 is 9.53 Å².